The van der Waals surface area contributed by atoms with Crippen LogP contribution in [0.2, 0.25) is 0 Å². The van der Waals surface area contributed by atoms with Crippen molar-refractivity contribution in [2.75, 3.05) is 13.1 Å². The third kappa shape index (κ3) is 2.23. The minimum absolute atomic E-state index is 0.127. The van der Waals surface area contributed by atoms with E-state index in [0.717, 1.165) is 0 Å². The molecule has 0 bridgehead atoms. The molecular weight excluding hydrogens is 372 g/mol. The summed E-state index contributed by atoms with van der Waals surface area (Å²) in [7, 11) is -0.349. The van der Waals surface area contributed by atoms with Crippen LogP contribution in [-0.4, -0.2) is 41.0 Å². The molecule has 120 valence electrons. The Kier molecular flexibility index (Phi) is 3.71. The predicted molar refractivity (Wildman–Crippen MR) is 87.2 cm³/mol. The second-order valence-electron chi connectivity index (χ2n) is 5.58. The molecule has 1 saturated heterocycles. The zero-order valence-corrected chi connectivity index (χ0v) is 14.7. The number of nitrogens with two attached hydrogens (primary N) is 1. The van der Waals surface area contributed by atoms with Gasteiger partial charge in [-0.1, -0.05) is 0 Å². The maximum Gasteiger partial charge on any atom is 0.328 e. The van der Waals surface area contributed by atoms with Crippen LogP contribution in [0.4, 0.5) is 0 Å². The zero-order valence-electron chi connectivity index (χ0n) is 12.3. The highest BCUT2D eigenvalue weighted by molar-refractivity contribution is 9.10. The fourth-order valence-electron chi connectivity index (χ4n) is 2.81. The Labute approximate surface area is 136 Å². The van der Waals surface area contributed by atoms with E-state index >= 15 is 0 Å². The van der Waals surface area contributed by atoms with Gasteiger partial charge in [-0.25, -0.2) is 13.2 Å². The minimum atomic E-state index is -3.63. The van der Waals surface area contributed by atoms with Gasteiger partial charge in [-0.05, 0) is 34.5 Å². The van der Waals surface area contributed by atoms with E-state index in [1.165, 1.54) is 13.4 Å². The topological polar surface area (TPSA) is 90.3 Å². The summed E-state index contributed by atoms with van der Waals surface area (Å²) in [5.41, 5.74) is 6.87. The van der Waals surface area contributed by atoms with E-state index in [1.807, 2.05) is 0 Å². The lowest BCUT2D eigenvalue weighted by Crippen LogP contribution is -2.32. The van der Waals surface area contributed by atoms with Crippen molar-refractivity contribution in [2.45, 2.75) is 17.4 Å². The van der Waals surface area contributed by atoms with Gasteiger partial charge in [-0.3, -0.25) is 9.13 Å². The molecule has 0 radical (unpaired) electrons. The second kappa shape index (κ2) is 5.19. The first-order valence-electron chi connectivity index (χ1n) is 6.84. The molecule has 1 aromatic heterocycles. The third-order valence-electron chi connectivity index (χ3n) is 4.13. The van der Waals surface area contributed by atoms with Gasteiger partial charge in [0.1, 0.15) is 0 Å². The molecule has 22 heavy (non-hydrogen) atoms. The van der Waals surface area contributed by atoms with Crippen molar-refractivity contribution in [3.63, 3.8) is 0 Å². The summed E-state index contributed by atoms with van der Waals surface area (Å²) in [5, 5.41) is 0. The molecule has 2 heterocycles. The van der Waals surface area contributed by atoms with E-state index in [1.54, 1.807) is 26.2 Å². The highest BCUT2D eigenvalue weighted by Gasteiger charge is 2.32. The van der Waals surface area contributed by atoms with Crippen molar-refractivity contribution in [3.05, 3.63) is 27.1 Å². The normalized spacial score (nSPS) is 20.1. The Balaban J connectivity index is 2.21. The lowest BCUT2D eigenvalue weighted by atomic mass is 10.3. The van der Waals surface area contributed by atoms with Crippen LogP contribution in [0, 0.1) is 0 Å². The summed E-state index contributed by atoms with van der Waals surface area (Å²) in [6, 6.07) is 3.08. The lowest BCUT2D eigenvalue weighted by molar-refractivity contribution is 0.472. The number of imidazole rings is 1. The fraction of sp³-hybridized carbons (Fsp3) is 0.462. The first-order chi connectivity index (χ1) is 10.2. The molecule has 1 aliphatic heterocycles. The highest BCUT2D eigenvalue weighted by atomic mass is 79.9. The van der Waals surface area contributed by atoms with Gasteiger partial charge < -0.3 is 5.73 Å². The minimum Gasteiger partial charge on any atom is -0.326 e. The molecule has 1 atom stereocenters. The number of rotatable bonds is 2. The van der Waals surface area contributed by atoms with E-state index in [-0.39, 0.29) is 16.6 Å². The van der Waals surface area contributed by atoms with Gasteiger partial charge in [-0.2, -0.15) is 4.31 Å². The number of hydrogen-bond donors (Lipinski definition) is 1. The number of aromatic nitrogens is 2. The largest absolute Gasteiger partial charge is 0.328 e. The molecule has 1 unspecified atom stereocenters. The Morgan fingerprint density at radius 3 is 2.36 bits per heavy atom. The van der Waals surface area contributed by atoms with Crippen LogP contribution < -0.4 is 11.4 Å². The van der Waals surface area contributed by atoms with Crippen LogP contribution in [0.25, 0.3) is 11.0 Å². The van der Waals surface area contributed by atoms with Crippen molar-refractivity contribution < 1.29 is 8.42 Å². The Hall–Kier alpha value is -1.16. The van der Waals surface area contributed by atoms with Gasteiger partial charge in [0.25, 0.3) is 0 Å². The van der Waals surface area contributed by atoms with Crippen LogP contribution in [0.1, 0.15) is 6.42 Å². The van der Waals surface area contributed by atoms with E-state index in [9.17, 15) is 13.2 Å². The molecular formula is C13H17BrN4O3S. The number of benzene rings is 1. The molecule has 1 fully saturated rings. The number of aryl methyl sites for hydroxylation is 2. The molecule has 1 aliphatic rings. The van der Waals surface area contributed by atoms with Gasteiger partial charge in [-0.15, -0.1) is 0 Å². The molecule has 2 N–H and O–H groups in total. The summed E-state index contributed by atoms with van der Waals surface area (Å²) >= 11 is 3.32. The smallest absolute Gasteiger partial charge is 0.326 e. The van der Waals surface area contributed by atoms with Crippen LogP contribution >= 0.6 is 15.9 Å². The molecule has 7 nitrogen and oxygen atoms in total. The van der Waals surface area contributed by atoms with Crippen molar-refractivity contribution in [2.24, 2.45) is 19.8 Å². The molecule has 2 aromatic rings. The van der Waals surface area contributed by atoms with Gasteiger partial charge in [0.15, 0.2) is 0 Å². The van der Waals surface area contributed by atoms with Gasteiger partial charge in [0.05, 0.1) is 15.9 Å². The van der Waals surface area contributed by atoms with Crippen molar-refractivity contribution in [3.8, 4) is 0 Å². The summed E-state index contributed by atoms with van der Waals surface area (Å²) in [5.74, 6) is 0. The first kappa shape index (κ1) is 15.7. The van der Waals surface area contributed by atoms with Crippen LogP contribution in [-0.2, 0) is 24.1 Å². The number of sulfonamides is 1. The standard InChI is InChI=1S/C13H17BrN4O3S/c1-16-10-5-9(14)12(6-11(10)17(2)13(16)19)22(20,21)18-4-3-8(15)7-18/h5-6,8H,3-4,7,15H2,1-2H3. The molecule has 0 aliphatic carbocycles. The third-order valence-corrected chi connectivity index (χ3v) is 6.95. The van der Waals surface area contributed by atoms with Gasteiger partial charge in [0, 0.05) is 37.7 Å². The van der Waals surface area contributed by atoms with E-state index < -0.39 is 10.0 Å². The Morgan fingerprint density at radius 1 is 1.23 bits per heavy atom. The summed E-state index contributed by atoms with van der Waals surface area (Å²) in [6.45, 7) is 0.738. The lowest BCUT2D eigenvalue weighted by Gasteiger charge is -2.17. The summed E-state index contributed by atoms with van der Waals surface area (Å²) < 4.78 is 30.4. The van der Waals surface area contributed by atoms with Crippen LogP contribution in [0.5, 0.6) is 0 Å². The molecule has 9 heteroatoms. The monoisotopic (exact) mass is 388 g/mol. The average Bonchev–Trinajstić information content (AvgIpc) is 2.98. The maximum absolute atomic E-state index is 12.8. The number of nitrogens with zero attached hydrogens (tertiary/aromatic N) is 3. The summed E-state index contributed by atoms with van der Waals surface area (Å²) in [4.78, 5) is 12.2. The molecule has 1 aromatic carbocycles. The predicted octanol–water partition coefficient (Wildman–Crippen LogP) is 0.361. The number of fused-ring (bicyclic) bond motifs is 1. The van der Waals surface area contributed by atoms with Crippen molar-refractivity contribution in [1.29, 1.82) is 0 Å². The van der Waals surface area contributed by atoms with E-state index in [0.29, 0.717) is 35.0 Å². The van der Waals surface area contributed by atoms with E-state index in [4.69, 9.17) is 5.73 Å². The fourth-order valence-corrected chi connectivity index (χ4v) is 5.33. The molecule has 0 amide bonds. The number of halogens is 1. The maximum atomic E-state index is 12.8. The van der Waals surface area contributed by atoms with Crippen LogP contribution in [0.15, 0.2) is 26.3 Å². The highest BCUT2D eigenvalue weighted by Crippen LogP contribution is 2.30. The first-order valence-corrected chi connectivity index (χ1v) is 9.07. The average molecular weight is 389 g/mol. The Bertz CT molecular complexity index is 915. The Morgan fingerprint density at radius 2 is 1.82 bits per heavy atom. The zero-order chi connectivity index (χ0) is 16.2. The number of hydrogen-bond acceptors (Lipinski definition) is 4. The van der Waals surface area contributed by atoms with Crippen LogP contribution in [0.3, 0.4) is 0 Å². The SMILES string of the molecule is Cn1c(=O)n(C)c2cc(S(=O)(=O)N3CCC(N)C3)c(Br)cc21. The molecule has 0 spiro atoms. The van der Waals surface area contributed by atoms with E-state index in [2.05, 4.69) is 15.9 Å². The van der Waals surface area contributed by atoms with Gasteiger partial charge in [0.2, 0.25) is 10.0 Å². The molecule has 0 saturated carbocycles. The van der Waals surface area contributed by atoms with Gasteiger partial charge >= 0.3 is 5.69 Å². The second-order valence-corrected chi connectivity index (χ2v) is 8.34. The quantitative estimate of drug-likeness (QED) is 0.803. The summed E-state index contributed by atoms with van der Waals surface area (Å²) in [6.07, 6.45) is 0.656. The molecule has 3 rings (SSSR count). The van der Waals surface area contributed by atoms with Crippen molar-refractivity contribution >= 4 is 37.0 Å². The van der Waals surface area contributed by atoms with Crippen molar-refractivity contribution in [1.82, 2.24) is 13.4 Å².